The summed E-state index contributed by atoms with van der Waals surface area (Å²) in [4.78, 5) is 11.6. The number of carbonyl (C=O) groups excluding carboxylic acids is 1. The largest absolute Gasteiger partial charge is 0.469 e. The molecule has 4 heteroatoms. The molecule has 0 unspecified atom stereocenters. The molecule has 0 saturated heterocycles. The van der Waals surface area contributed by atoms with Gasteiger partial charge in [0.15, 0.2) is 0 Å². The number of nitrogens with one attached hydrogen (secondary N) is 2. The molecule has 4 nitrogen and oxygen atoms in total. The van der Waals surface area contributed by atoms with Gasteiger partial charge in [0.05, 0.1) is 12.8 Å². The van der Waals surface area contributed by atoms with Crippen molar-refractivity contribution in [3.05, 3.63) is 24.2 Å². The molecule has 96 valence electrons. The van der Waals surface area contributed by atoms with E-state index >= 15 is 0 Å². The molecule has 1 aromatic heterocycles. The van der Waals surface area contributed by atoms with Crippen molar-refractivity contribution in [2.45, 2.75) is 39.2 Å². The Morgan fingerprint density at radius 1 is 1.47 bits per heavy atom. The third-order valence-corrected chi connectivity index (χ3v) is 2.78. The number of carbonyl (C=O) groups is 1. The highest BCUT2D eigenvalue weighted by Crippen LogP contribution is 2.05. The minimum Gasteiger partial charge on any atom is -0.469 e. The van der Waals surface area contributed by atoms with E-state index < -0.39 is 0 Å². The van der Waals surface area contributed by atoms with E-state index in [0.717, 1.165) is 25.1 Å². The van der Waals surface area contributed by atoms with Crippen LogP contribution in [-0.2, 0) is 11.2 Å². The van der Waals surface area contributed by atoms with Gasteiger partial charge in [0.25, 0.3) is 0 Å². The Morgan fingerprint density at radius 3 is 2.82 bits per heavy atom. The first-order valence-electron chi connectivity index (χ1n) is 6.07. The summed E-state index contributed by atoms with van der Waals surface area (Å²) in [7, 11) is 0. The van der Waals surface area contributed by atoms with Crippen LogP contribution in [0.1, 0.15) is 33.0 Å². The van der Waals surface area contributed by atoms with Crippen LogP contribution in [0.3, 0.4) is 0 Å². The van der Waals surface area contributed by atoms with Crippen LogP contribution in [-0.4, -0.2) is 24.5 Å². The van der Waals surface area contributed by atoms with E-state index in [1.54, 1.807) is 6.26 Å². The Balaban J connectivity index is 2.12. The van der Waals surface area contributed by atoms with Crippen LogP contribution in [0.25, 0.3) is 0 Å². The van der Waals surface area contributed by atoms with Gasteiger partial charge in [-0.3, -0.25) is 4.79 Å². The van der Waals surface area contributed by atoms with Crippen molar-refractivity contribution in [2.24, 2.45) is 0 Å². The van der Waals surface area contributed by atoms with Gasteiger partial charge >= 0.3 is 0 Å². The second-order valence-corrected chi connectivity index (χ2v) is 4.79. The molecule has 0 aliphatic heterocycles. The molecule has 0 fully saturated rings. The summed E-state index contributed by atoms with van der Waals surface area (Å²) in [5.41, 5.74) is -0.125. The zero-order chi connectivity index (χ0) is 12.7. The van der Waals surface area contributed by atoms with E-state index in [1.165, 1.54) is 0 Å². The van der Waals surface area contributed by atoms with Gasteiger partial charge in [0, 0.05) is 18.5 Å². The monoisotopic (exact) mass is 238 g/mol. The highest BCUT2D eigenvalue weighted by atomic mass is 16.3. The van der Waals surface area contributed by atoms with Crippen LogP contribution in [0, 0.1) is 0 Å². The Bertz CT molecular complexity index is 331. The highest BCUT2D eigenvalue weighted by molar-refractivity contribution is 5.78. The molecule has 1 amide bonds. The molecule has 1 heterocycles. The second-order valence-electron chi connectivity index (χ2n) is 4.79. The smallest absolute Gasteiger partial charge is 0.234 e. The van der Waals surface area contributed by atoms with Gasteiger partial charge in [-0.1, -0.05) is 6.92 Å². The average Bonchev–Trinajstić information content (AvgIpc) is 2.77. The van der Waals surface area contributed by atoms with Crippen molar-refractivity contribution in [2.75, 3.05) is 13.1 Å². The molecule has 1 rings (SSSR count). The van der Waals surface area contributed by atoms with Gasteiger partial charge in [-0.25, -0.2) is 0 Å². The number of furan rings is 1. The summed E-state index contributed by atoms with van der Waals surface area (Å²) < 4.78 is 5.20. The molecule has 0 radical (unpaired) electrons. The van der Waals surface area contributed by atoms with E-state index in [2.05, 4.69) is 17.6 Å². The van der Waals surface area contributed by atoms with E-state index in [4.69, 9.17) is 4.42 Å². The molecule has 17 heavy (non-hydrogen) atoms. The van der Waals surface area contributed by atoms with Gasteiger partial charge in [-0.05, 0) is 32.4 Å². The number of rotatable bonds is 7. The normalized spacial score (nSPS) is 11.5. The SMILES string of the molecule is CCC(C)(C)NC(=O)CNCCc1ccco1. The summed E-state index contributed by atoms with van der Waals surface area (Å²) in [5.74, 6) is 0.975. The molecule has 0 aliphatic rings. The van der Waals surface area contributed by atoms with Crippen molar-refractivity contribution < 1.29 is 9.21 Å². The Labute approximate surface area is 103 Å². The third-order valence-electron chi connectivity index (χ3n) is 2.78. The fourth-order valence-electron chi connectivity index (χ4n) is 1.38. The molecule has 0 atom stereocenters. The molecule has 0 bridgehead atoms. The van der Waals surface area contributed by atoms with E-state index in [0.29, 0.717) is 6.54 Å². The fraction of sp³-hybridized carbons (Fsp3) is 0.615. The van der Waals surface area contributed by atoms with Crippen molar-refractivity contribution in [3.63, 3.8) is 0 Å². The van der Waals surface area contributed by atoms with Crippen LogP contribution in [0.2, 0.25) is 0 Å². The van der Waals surface area contributed by atoms with Gasteiger partial charge in [0.1, 0.15) is 5.76 Å². The van der Waals surface area contributed by atoms with E-state index in [1.807, 2.05) is 26.0 Å². The van der Waals surface area contributed by atoms with Crippen LogP contribution in [0.15, 0.2) is 22.8 Å². The topological polar surface area (TPSA) is 54.3 Å². The Kier molecular flexibility index (Phi) is 5.22. The van der Waals surface area contributed by atoms with E-state index in [9.17, 15) is 4.79 Å². The lowest BCUT2D eigenvalue weighted by Crippen LogP contribution is -2.46. The second kappa shape index (κ2) is 6.45. The average molecular weight is 238 g/mol. The van der Waals surface area contributed by atoms with Crippen molar-refractivity contribution >= 4 is 5.91 Å². The lowest BCUT2D eigenvalue weighted by molar-refractivity contribution is -0.121. The Morgan fingerprint density at radius 2 is 2.24 bits per heavy atom. The predicted octanol–water partition coefficient (Wildman–Crippen LogP) is 1.72. The summed E-state index contributed by atoms with van der Waals surface area (Å²) in [5, 5.41) is 6.07. The van der Waals surface area contributed by atoms with Crippen LogP contribution >= 0.6 is 0 Å². The van der Waals surface area contributed by atoms with Crippen LogP contribution < -0.4 is 10.6 Å². The summed E-state index contributed by atoms with van der Waals surface area (Å²) >= 11 is 0. The number of amides is 1. The summed E-state index contributed by atoms with van der Waals surface area (Å²) in [6.07, 6.45) is 3.38. The van der Waals surface area contributed by atoms with E-state index in [-0.39, 0.29) is 11.4 Å². The van der Waals surface area contributed by atoms with Gasteiger partial charge in [0.2, 0.25) is 5.91 Å². The zero-order valence-electron chi connectivity index (χ0n) is 10.9. The maximum absolute atomic E-state index is 11.6. The quantitative estimate of drug-likeness (QED) is 0.711. The Hall–Kier alpha value is -1.29. The first kappa shape index (κ1) is 13.8. The molecular weight excluding hydrogens is 216 g/mol. The fourth-order valence-corrected chi connectivity index (χ4v) is 1.38. The maximum atomic E-state index is 11.6. The van der Waals surface area contributed by atoms with Gasteiger partial charge in [-0.15, -0.1) is 0 Å². The molecule has 2 N–H and O–H groups in total. The molecule has 0 aromatic carbocycles. The summed E-state index contributed by atoms with van der Waals surface area (Å²) in [6.45, 7) is 7.20. The lowest BCUT2D eigenvalue weighted by atomic mass is 10.0. The van der Waals surface area contributed by atoms with Gasteiger partial charge < -0.3 is 15.1 Å². The predicted molar refractivity (Wildman–Crippen MR) is 67.8 cm³/mol. The minimum absolute atomic E-state index is 0.0382. The van der Waals surface area contributed by atoms with Gasteiger partial charge in [-0.2, -0.15) is 0 Å². The molecule has 1 aromatic rings. The van der Waals surface area contributed by atoms with Crippen molar-refractivity contribution in [1.82, 2.24) is 10.6 Å². The number of hydrogen-bond acceptors (Lipinski definition) is 3. The van der Waals surface area contributed by atoms with Crippen molar-refractivity contribution in [3.8, 4) is 0 Å². The first-order chi connectivity index (χ1) is 8.03. The zero-order valence-corrected chi connectivity index (χ0v) is 10.9. The standard InChI is InChI=1S/C13H22N2O2/c1-4-13(2,3)15-12(16)10-14-8-7-11-6-5-9-17-11/h5-6,9,14H,4,7-8,10H2,1-3H3,(H,15,16). The summed E-state index contributed by atoms with van der Waals surface area (Å²) in [6, 6.07) is 3.80. The molecule has 0 saturated carbocycles. The number of hydrogen-bond donors (Lipinski definition) is 2. The van der Waals surface area contributed by atoms with Crippen LogP contribution in [0.5, 0.6) is 0 Å². The first-order valence-corrected chi connectivity index (χ1v) is 6.07. The highest BCUT2D eigenvalue weighted by Gasteiger charge is 2.16. The molecule has 0 spiro atoms. The minimum atomic E-state index is -0.125. The molecular formula is C13H22N2O2. The lowest BCUT2D eigenvalue weighted by Gasteiger charge is -2.24. The van der Waals surface area contributed by atoms with Crippen molar-refractivity contribution in [1.29, 1.82) is 0 Å². The maximum Gasteiger partial charge on any atom is 0.234 e. The molecule has 0 aliphatic carbocycles. The van der Waals surface area contributed by atoms with Crippen LogP contribution in [0.4, 0.5) is 0 Å². The third kappa shape index (κ3) is 5.54.